The second kappa shape index (κ2) is 21.5. The molecule has 4 rings (SSSR count). The summed E-state index contributed by atoms with van der Waals surface area (Å²) in [6, 6.07) is 15.4. The third kappa shape index (κ3) is 13.8. The van der Waals surface area contributed by atoms with Crippen LogP contribution in [0.5, 0.6) is 11.6 Å². The fraction of sp³-hybridized carbons (Fsp3) is 0.535. The number of aromatic amines is 1. The van der Waals surface area contributed by atoms with E-state index in [-0.39, 0.29) is 24.4 Å². The molecule has 1 fully saturated rings. The molecule has 0 radical (unpaired) electrons. The van der Waals surface area contributed by atoms with E-state index in [1.165, 1.54) is 6.92 Å². The maximum absolute atomic E-state index is 12.7. The summed E-state index contributed by atoms with van der Waals surface area (Å²) >= 11 is 0. The first-order valence-corrected chi connectivity index (χ1v) is 19.6. The molecule has 2 heterocycles. The molecule has 5 atom stereocenters. The van der Waals surface area contributed by atoms with Crippen LogP contribution in [-0.2, 0) is 65.4 Å². The first-order chi connectivity index (χ1) is 27.9. The third-order valence-corrected chi connectivity index (χ3v) is 9.39. The summed E-state index contributed by atoms with van der Waals surface area (Å²) in [5.74, 6) is -2.31. The number of esters is 5. The zero-order valence-corrected chi connectivity index (χ0v) is 35.3. The monoisotopic (exact) mass is 823 g/mol. The number of hydrogen-bond acceptors (Lipinski definition) is 15. The van der Waals surface area contributed by atoms with Crippen LogP contribution < -0.4 is 14.8 Å². The standard InChI is InChI=1S/C43H57N3O13/c1-25(2)36-34(21-32-16-17-33(20-26(32)3)52-19-13-18-44-24-43(8,9)42(51)54-22-31-14-11-10-12-15-31)40(46-45-36)59-41-39(57-30(7)50)38(56-29(6)49)37(55-28(5)48)35(58-41)23-53-27(4)47/h10-12,14-17,20,25,35,37-39,41,44H,13,18-19,21-24H2,1-9H3,(H,45,46)/t35-,37-,38+,39-,41+/m1/s1. The smallest absolute Gasteiger partial charge is 0.313 e. The number of hydrogen-bond donors (Lipinski definition) is 2. The zero-order valence-electron chi connectivity index (χ0n) is 35.3. The second-order valence-electron chi connectivity index (χ2n) is 15.4. The lowest BCUT2D eigenvalue weighted by Crippen LogP contribution is -2.63. The lowest BCUT2D eigenvalue weighted by Gasteiger charge is -2.43. The van der Waals surface area contributed by atoms with Gasteiger partial charge in [0.2, 0.25) is 18.3 Å². The van der Waals surface area contributed by atoms with Crippen LogP contribution in [-0.4, -0.2) is 97.1 Å². The lowest BCUT2D eigenvalue weighted by atomic mass is 9.93. The molecule has 16 nitrogen and oxygen atoms in total. The summed E-state index contributed by atoms with van der Waals surface area (Å²) in [5, 5.41) is 10.8. The topological polar surface area (TPSA) is 200 Å². The highest BCUT2D eigenvalue weighted by atomic mass is 16.7. The van der Waals surface area contributed by atoms with E-state index >= 15 is 0 Å². The predicted molar refractivity (Wildman–Crippen MR) is 212 cm³/mol. The molecule has 0 saturated carbocycles. The largest absolute Gasteiger partial charge is 0.494 e. The van der Waals surface area contributed by atoms with Crippen molar-refractivity contribution in [1.82, 2.24) is 15.5 Å². The first kappa shape index (κ1) is 46.2. The van der Waals surface area contributed by atoms with Crippen LogP contribution in [0.15, 0.2) is 48.5 Å². The number of rotatable bonds is 20. The van der Waals surface area contributed by atoms with Crippen molar-refractivity contribution in [2.75, 3.05) is 26.3 Å². The Morgan fingerprint density at radius 2 is 1.53 bits per heavy atom. The average molecular weight is 824 g/mol. The van der Waals surface area contributed by atoms with E-state index < -0.39 is 66.6 Å². The average Bonchev–Trinajstić information content (AvgIpc) is 3.56. The Balaban J connectivity index is 1.43. The Kier molecular flexibility index (Phi) is 16.8. The number of nitrogens with one attached hydrogen (secondary N) is 2. The van der Waals surface area contributed by atoms with Gasteiger partial charge in [-0.15, -0.1) is 5.10 Å². The Bertz CT molecular complexity index is 1890. The van der Waals surface area contributed by atoms with Gasteiger partial charge in [0, 0.05) is 51.9 Å². The van der Waals surface area contributed by atoms with Crippen molar-refractivity contribution >= 4 is 29.8 Å². The molecule has 0 aliphatic carbocycles. The number of nitrogens with zero attached hydrogens (tertiary/aromatic N) is 1. The molecule has 0 spiro atoms. The summed E-state index contributed by atoms with van der Waals surface area (Å²) in [5.41, 5.74) is 3.63. The molecule has 2 N–H and O–H groups in total. The molecule has 0 unspecified atom stereocenters. The fourth-order valence-electron chi connectivity index (χ4n) is 6.43. The summed E-state index contributed by atoms with van der Waals surface area (Å²) in [6.07, 6.45) is -5.66. The SMILES string of the molecule is CC(=O)OC[C@H]1O[C@@H](Oc2n[nH]c(C(C)C)c2Cc2ccc(OCCCNCC(C)(C)C(=O)OCc3ccccc3)cc2C)[C@H](OC(C)=O)[C@@H](OC(C)=O)[C@@H]1OC(C)=O. The Morgan fingerprint density at radius 1 is 0.864 bits per heavy atom. The van der Waals surface area contributed by atoms with Crippen molar-refractivity contribution in [1.29, 1.82) is 0 Å². The maximum atomic E-state index is 12.7. The van der Waals surface area contributed by atoms with Crippen molar-refractivity contribution in [3.63, 3.8) is 0 Å². The van der Waals surface area contributed by atoms with Gasteiger partial charge >= 0.3 is 29.8 Å². The van der Waals surface area contributed by atoms with Crippen molar-refractivity contribution in [2.24, 2.45) is 5.41 Å². The molecule has 1 aliphatic heterocycles. The summed E-state index contributed by atoms with van der Waals surface area (Å²) in [7, 11) is 0. The molecule has 0 bridgehead atoms. The molecule has 2 aromatic carbocycles. The van der Waals surface area contributed by atoms with Gasteiger partial charge < -0.3 is 43.2 Å². The van der Waals surface area contributed by atoms with Gasteiger partial charge in [-0.05, 0) is 68.5 Å². The summed E-state index contributed by atoms with van der Waals surface area (Å²) < 4.78 is 45.9. The van der Waals surface area contributed by atoms with E-state index in [9.17, 15) is 24.0 Å². The van der Waals surface area contributed by atoms with E-state index in [0.29, 0.717) is 43.9 Å². The minimum atomic E-state index is -1.44. The minimum absolute atomic E-state index is 0.00715. The van der Waals surface area contributed by atoms with Crippen LogP contribution in [0.4, 0.5) is 0 Å². The Hall–Kier alpha value is -5.48. The minimum Gasteiger partial charge on any atom is -0.494 e. The first-order valence-electron chi connectivity index (χ1n) is 19.6. The Labute approximate surface area is 344 Å². The van der Waals surface area contributed by atoms with Gasteiger partial charge in [0.15, 0.2) is 12.2 Å². The van der Waals surface area contributed by atoms with Crippen LogP contribution in [0, 0.1) is 12.3 Å². The molecule has 1 saturated heterocycles. The highest BCUT2D eigenvalue weighted by Crippen LogP contribution is 2.35. The number of carbonyl (C=O) groups excluding carboxylic acids is 5. The van der Waals surface area contributed by atoms with Gasteiger partial charge in [0.1, 0.15) is 25.1 Å². The van der Waals surface area contributed by atoms with Gasteiger partial charge in [-0.1, -0.05) is 50.2 Å². The van der Waals surface area contributed by atoms with Crippen molar-refractivity contribution in [3.05, 3.63) is 76.5 Å². The normalized spacial score (nSPS) is 19.1. The van der Waals surface area contributed by atoms with Crippen LogP contribution >= 0.6 is 0 Å². The van der Waals surface area contributed by atoms with E-state index in [4.69, 9.17) is 37.9 Å². The number of aryl methyl sites for hydroxylation is 1. The molecule has 16 heteroatoms. The van der Waals surface area contributed by atoms with Crippen molar-refractivity contribution < 1.29 is 61.9 Å². The van der Waals surface area contributed by atoms with E-state index in [2.05, 4.69) is 15.5 Å². The van der Waals surface area contributed by atoms with Gasteiger partial charge in [-0.25, -0.2) is 0 Å². The highest BCUT2D eigenvalue weighted by Gasteiger charge is 2.53. The molecule has 3 aromatic rings. The van der Waals surface area contributed by atoms with Gasteiger partial charge in [-0.2, -0.15) is 0 Å². The third-order valence-electron chi connectivity index (χ3n) is 9.39. The van der Waals surface area contributed by atoms with Crippen LogP contribution in [0.2, 0.25) is 0 Å². The number of ether oxygens (including phenoxy) is 8. The van der Waals surface area contributed by atoms with E-state index in [0.717, 1.165) is 43.2 Å². The summed E-state index contributed by atoms with van der Waals surface area (Å²) in [4.78, 5) is 61.3. The number of carbonyl (C=O) groups is 5. The van der Waals surface area contributed by atoms with Gasteiger partial charge in [0.25, 0.3) is 0 Å². The molecule has 59 heavy (non-hydrogen) atoms. The second-order valence-corrected chi connectivity index (χ2v) is 15.4. The molecule has 0 amide bonds. The molecule has 1 aromatic heterocycles. The molecule has 1 aliphatic rings. The zero-order chi connectivity index (χ0) is 43.3. The molecular weight excluding hydrogens is 766 g/mol. The maximum Gasteiger partial charge on any atom is 0.313 e. The van der Waals surface area contributed by atoms with Crippen LogP contribution in [0.25, 0.3) is 0 Å². The molecule has 322 valence electrons. The summed E-state index contributed by atoms with van der Waals surface area (Å²) in [6.45, 7) is 15.7. The van der Waals surface area contributed by atoms with Crippen molar-refractivity contribution in [3.8, 4) is 11.6 Å². The molecular formula is C43H57N3O13. The van der Waals surface area contributed by atoms with Crippen molar-refractivity contribution in [2.45, 2.75) is 118 Å². The number of aromatic nitrogens is 2. The quantitative estimate of drug-likeness (QED) is 0.0874. The highest BCUT2D eigenvalue weighted by molar-refractivity contribution is 5.76. The number of H-pyrrole nitrogens is 1. The Morgan fingerprint density at radius 3 is 2.15 bits per heavy atom. The van der Waals surface area contributed by atoms with Crippen LogP contribution in [0.3, 0.4) is 0 Å². The van der Waals surface area contributed by atoms with Crippen LogP contribution in [0.1, 0.15) is 95.7 Å². The lowest BCUT2D eigenvalue weighted by molar-refractivity contribution is -0.289. The number of benzene rings is 2. The van der Waals surface area contributed by atoms with Gasteiger partial charge in [-0.3, -0.25) is 29.1 Å². The van der Waals surface area contributed by atoms with E-state index in [1.54, 1.807) is 0 Å². The fourth-order valence-corrected chi connectivity index (χ4v) is 6.43. The van der Waals surface area contributed by atoms with Gasteiger partial charge in [0.05, 0.1) is 12.0 Å². The predicted octanol–water partition coefficient (Wildman–Crippen LogP) is 5.02. The van der Waals surface area contributed by atoms with E-state index in [1.807, 2.05) is 83.1 Å².